The molecule has 0 aromatic carbocycles. The van der Waals surface area contributed by atoms with E-state index in [4.69, 9.17) is 5.73 Å². The van der Waals surface area contributed by atoms with Crippen molar-refractivity contribution in [2.75, 3.05) is 6.61 Å². The molecule has 0 spiro atoms. The van der Waals surface area contributed by atoms with Crippen LogP contribution in [0.2, 0.25) is 0 Å². The number of nitrogens with two attached hydrogens (primary N) is 1. The Morgan fingerprint density at radius 1 is 1.47 bits per heavy atom. The van der Waals surface area contributed by atoms with Gasteiger partial charge in [-0.3, -0.25) is 0 Å². The zero-order valence-corrected chi connectivity index (χ0v) is 8.92. The van der Waals surface area contributed by atoms with Crippen LogP contribution < -0.4 is 5.73 Å². The normalized spacial score (nSPS) is 25.9. The first-order chi connectivity index (χ1) is 7.18. The maximum atomic E-state index is 11.7. The zero-order valence-electron chi connectivity index (χ0n) is 8.92. The quantitative estimate of drug-likeness (QED) is 0.448. The van der Waals surface area contributed by atoms with E-state index in [1.54, 1.807) is 0 Å². The molecule has 0 saturated heterocycles. The van der Waals surface area contributed by atoms with E-state index >= 15 is 0 Å². The van der Waals surface area contributed by atoms with Gasteiger partial charge in [-0.25, -0.2) is 0 Å². The summed E-state index contributed by atoms with van der Waals surface area (Å²) in [5.41, 5.74) is 7.19. The first-order valence-electron chi connectivity index (χ1n) is 5.51. The van der Waals surface area contributed by atoms with Crippen LogP contribution in [0.15, 0.2) is 11.6 Å². The fourth-order valence-electron chi connectivity index (χ4n) is 1.91. The van der Waals surface area contributed by atoms with Gasteiger partial charge in [-0.15, -0.1) is 0 Å². The van der Waals surface area contributed by atoms with Gasteiger partial charge >= 0.3 is 6.61 Å². The summed E-state index contributed by atoms with van der Waals surface area (Å²) in [6.45, 7) is -2.56. The lowest BCUT2D eigenvalue weighted by Crippen LogP contribution is -2.18. The van der Waals surface area contributed by atoms with Gasteiger partial charge in [-0.05, 0) is 32.1 Å². The third-order valence-electron chi connectivity index (χ3n) is 2.64. The third kappa shape index (κ3) is 5.85. The molecule has 1 atom stereocenters. The second-order valence-corrected chi connectivity index (χ2v) is 3.99. The monoisotopic (exact) mass is 219 g/mol. The van der Waals surface area contributed by atoms with Crippen LogP contribution in [0.4, 0.5) is 8.78 Å². The molecule has 0 aliphatic heterocycles. The molecule has 0 bridgehead atoms. The third-order valence-corrected chi connectivity index (χ3v) is 2.64. The van der Waals surface area contributed by atoms with Crippen molar-refractivity contribution in [3.63, 3.8) is 0 Å². The topological polar surface area (TPSA) is 35.2 Å². The van der Waals surface area contributed by atoms with Crippen LogP contribution in [0.3, 0.4) is 0 Å². The summed E-state index contributed by atoms with van der Waals surface area (Å²) in [7, 11) is 0. The van der Waals surface area contributed by atoms with E-state index in [0.29, 0.717) is 6.42 Å². The molecule has 0 aromatic heterocycles. The highest BCUT2D eigenvalue weighted by atomic mass is 19.3. The van der Waals surface area contributed by atoms with Crippen molar-refractivity contribution in [3.05, 3.63) is 11.6 Å². The standard InChI is InChI=1S/C11H19F2NO/c12-11(13)15-7-3-5-9-4-1-2-6-10(14)8-9/h5,10-11H,1-4,6-8,14H2/b9-5-/t10-/m1/s1. The molecular formula is C11H19F2NO. The van der Waals surface area contributed by atoms with Crippen LogP contribution in [0, 0.1) is 0 Å². The van der Waals surface area contributed by atoms with E-state index in [1.165, 1.54) is 12.0 Å². The maximum Gasteiger partial charge on any atom is 0.345 e. The fraction of sp³-hybridized carbons (Fsp3) is 0.818. The van der Waals surface area contributed by atoms with Crippen molar-refractivity contribution in [1.82, 2.24) is 0 Å². The minimum atomic E-state index is -2.65. The second kappa shape index (κ2) is 6.90. The molecule has 1 aliphatic rings. The summed E-state index contributed by atoms with van der Waals surface area (Å²) >= 11 is 0. The lowest BCUT2D eigenvalue weighted by Gasteiger charge is -2.08. The Labute approximate surface area is 89.5 Å². The van der Waals surface area contributed by atoms with Crippen LogP contribution in [0.5, 0.6) is 0 Å². The van der Waals surface area contributed by atoms with E-state index in [9.17, 15) is 8.78 Å². The predicted molar refractivity (Wildman–Crippen MR) is 55.7 cm³/mol. The molecule has 1 saturated carbocycles. The van der Waals surface area contributed by atoms with Gasteiger partial charge < -0.3 is 10.5 Å². The molecule has 1 aliphatic carbocycles. The molecular weight excluding hydrogens is 200 g/mol. The van der Waals surface area contributed by atoms with Crippen molar-refractivity contribution < 1.29 is 13.5 Å². The number of hydrogen-bond acceptors (Lipinski definition) is 2. The molecule has 88 valence electrons. The molecule has 1 rings (SSSR count). The number of hydrogen-bond donors (Lipinski definition) is 1. The van der Waals surface area contributed by atoms with E-state index in [2.05, 4.69) is 4.74 Å². The lowest BCUT2D eigenvalue weighted by atomic mass is 10.0. The summed E-state index contributed by atoms with van der Waals surface area (Å²) in [6, 6.07) is 0.245. The first kappa shape index (κ1) is 12.6. The van der Waals surface area contributed by atoms with Crippen molar-refractivity contribution in [3.8, 4) is 0 Å². The second-order valence-electron chi connectivity index (χ2n) is 3.99. The van der Waals surface area contributed by atoms with E-state index in [-0.39, 0.29) is 12.6 Å². The van der Waals surface area contributed by atoms with Gasteiger partial charge in [-0.2, -0.15) is 8.78 Å². The first-order valence-corrected chi connectivity index (χ1v) is 5.51. The largest absolute Gasteiger partial charge is 0.345 e. The number of alkyl halides is 2. The van der Waals surface area contributed by atoms with Crippen molar-refractivity contribution >= 4 is 0 Å². The Balaban J connectivity index is 2.24. The summed E-state index contributed by atoms with van der Waals surface area (Å²) < 4.78 is 27.5. The number of ether oxygens (including phenoxy) is 1. The van der Waals surface area contributed by atoms with Crippen molar-refractivity contribution in [2.24, 2.45) is 5.73 Å². The zero-order chi connectivity index (χ0) is 11.1. The summed E-state index contributed by atoms with van der Waals surface area (Å²) in [4.78, 5) is 0. The molecule has 0 unspecified atom stereocenters. The van der Waals surface area contributed by atoms with Gasteiger partial charge in [0.05, 0.1) is 6.61 Å². The average molecular weight is 219 g/mol. The van der Waals surface area contributed by atoms with Gasteiger partial charge in [0.1, 0.15) is 0 Å². The highest BCUT2D eigenvalue weighted by molar-refractivity contribution is 5.05. The molecule has 0 heterocycles. The summed E-state index contributed by atoms with van der Waals surface area (Å²) in [5.74, 6) is 0. The Morgan fingerprint density at radius 3 is 3.00 bits per heavy atom. The molecule has 0 radical (unpaired) electrons. The molecule has 0 amide bonds. The molecule has 2 nitrogen and oxygen atoms in total. The van der Waals surface area contributed by atoms with Crippen molar-refractivity contribution in [1.29, 1.82) is 0 Å². The van der Waals surface area contributed by atoms with Crippen LogP contribution in [-0.4, -0.2) is 19.3 Å². The molecule has 0 aromatic rings. The van der Waals surface area contributed by atoms with Crippen molar-refractivity contribution in [2.45, 2.75) is 51.2 Å². The molecule has 1 fully saturated rings. The van der Waals surface area contributed by atoms with E-state index < -0.39 is 6.61 Å². The summed E-state index contributed by atoms with van der Waals surface area (Å²) in [5, 5.41) is 0. The Morgan fingerprint density at radius 2 is 2.27 bits per heavy atom. The Bertz CT molecular complexity index is 207. The molecule has 2 N–H and O–H groups in total. The summed E-state index contributed by atoms with van der Waals surface area (Å²) in [6.07, 6.45) is 7.95. The van der Waals surface area contributed by atoms with Gasteiger partial charge in [0.2, 0.25) is 0 Å². The maximum absolute atomic E-state index is 11.7. The minimum absolute atomic E-state index is 0.0937. The number of halogens is 2. The van der Waals surface area contributed by atoms with E-state index in [0.717, 1.165) is 25.7 Å². The van der Waals surface area contributed by atoms with Crippen LogP contribution in [0.25, 0.3) is 0 Å². The fourth-order valence-corrected chi connectivity index (χ4v) is 1.91. The Hall–Kier alpha value is -0.480. The minimum Gasteiger partial charge on any atom is -0.327 e. The SMILES string of the molecule is N[C@@H]1CCCC/C(=C/CCOC(F)F)C1. The van der Waals surface area contributed by atoms with Crippen LogP contribution in [0.1, 0.15) is 38.5 Å². The average Bonchev–Trinajstić information content (AvgIpc) is 2.37. The van der Waals surface area contributed by atoms with Crippen LogP contribution in [-0.2, 0) is 4.74 Å². The highest BCUT2D eigenvalue weighted by Gasteiger charge is 2.10. The lowest BCUT2D eigenvalue weighted by molar-refractivity contribution is -0.127. The van der Waals surface area contributed by atoms with Gasteiger partial charge in [0.25, 0.3) is 0 Å². The molecule has 4 heteroatoms. The van der Waals surface area contributed by atoms with Gasteiger partial charge in [-0.1, -0.05) is 18.1 Å². The number of rotatable bonds is 4. The Kier molecular flexibility index (Phi) is 5.79. The smallest absolute Gasteiger partial charge is 0.327 e. The van der Waals surface area contributed by atoms with Gasteiger partial charge in [0, 0.05) is 6.04 Å². The van der Waals surface area contributed by atoms with Gasteiger partial charge in [0.15, 0.2) is 0 Å². The highest BCUT2D eigenvalue weighted by Crippen LogP contribution is 2.21. The van der Waals surface area contributed by atoms with Crippen LogP contribution >= 0.6 is 0 Å². The molecule has 15 heavy (non-hydrogen) atoms. The van der Waals surface area contributed by atoms with E-state index in [1.807, 2.05) is 6.08 Å². The predicted octanol–water partition coefficient (Wildman–Crippen LogP) is 2.83.